The molecule has 0 aliphatic heterocycles. The smallest absolute Gasteiger partial charge is 0.152 e. The Bertz CT molecular complexity index is 553. The van der Waals surface area contributed by atoms with E-state index in [4.69, 9.17) is 4.42 Å². The molecule has 5 heteroatoms. The van der Waals surface area contributed by atoms with Crippen molar-refractivity contribution in [1.82, 2.24) is 15.5 Å². The predicted molar refractivity (Wildman–Crippen MR) is 76.1 cm³/mol. The number of aromatic amines is 1. The third-order valence-electron chi connectivity index (χ3n) is 3.98. The molecule has 2 aromatic rings. The van der Waals surface area contributed by atoms with E-state index in [2.05, 4.69) is 15.5 Å². The zero-order valence-corrected chi connectivity index (χ0v) is 11.7. The molecule has 108 valence electrons. The predicted octanol–water partition coefficient (Wildman–Crippen LogP) is 2.37. The summed E-state index contributed by atoms with van der Waals surface area (Å²) in [6, 6.07) is 4.40. The molecule has 3 N–H and O–H groups in total. The molecule has 0 unspecified atom stereocenters. The van der Waals surface area contributed by atoms with Gasteiger partial charge in [-0.15, -0.1) is 0 Å². The van der Waals surface area contributed by atoms with Crippen molar-refractivity contribution in [2.45, 2.75) is 51.3 Å². The first-order valence-corrected chi connectivity index (χ1v) is 7.23. The number of furan rings is 1. The highest BCUT2D eigenvalue weighted by atomic mass is 16.3. The van der Waals surface area contributed by atoms with Gasteiger partial charge in [0, 0.05) is 18.2 Å². The average Bonchev–Trinajstić information content (AvgIpc) is 3.06. The fourth-order valence-electron chi connectivity index (χ4n) is 2.76. The maximum Gasteiger partial charge on any atom is 0.152 e. The number of hydrogen-bond donors (Lipinski definition) is 3. The summed E-state index contributed by atoms with van der Waals surface area (Å²) in [6.45, 7) is 2.71. The lowest BCUT2D eigenvalue weighted by Crippen LogP contribution is -2.34. The van der Waals surface area contributed by atoms with Gasteiger partial charge in [-0.2, -0.15) is 5.10 Å². The number of aryl methyl sites for hydroxylation is 1. The number of aliphatic hydroxyl groups excluding tert-OH is 1. The summed E-state index contributed by atoms with van der Waals surface area (Å²) in [5.74, 6) is 1.73. The van der Waals surface area contributed by atoms with E-state index in [0.29, 0.717) is 6.04 Å². The fourth-order valence-corrected chi connectivity index (χ4v) is 2.76. The van der Waals surface area contributed by atoms with Crippen molar-refractivity contribution < 1.29 is 9.52 Å². The zero-order chi connectivity index (χ0) is 13.9. The highest BCUT2D eigenvalue weighted by molar-refractivity contribution is 5.56. The SMILES string of the molecule is Cc1ccc(-c2[nH]ncc2CNC2CCC(O)CC2)o1. The average molecular weight is 275 g/mol. The molecular weight excluding hydrogens is 254 g/mol. The molecule has 20 heavy (non-hydrogen) atoms. The molecular formula is C15H21N3O2. The van der Waals surface area contributed by atoms with E-state index in [1.54, 1.807) is 0 Å². The van der Waals surface area contributed by atoms with Crippen molar-refractivity contribution in [3.05, 3.63) is 29.7 Å². The van der Waals surface area contributed by atoms with E-state index in [0.717, 1.165) is 55.0 Å². The number of H-pyrrole nitrogens is 1. The first-order valence-electron chi connectivity index (χ1n) is 7.23. The highest BCUT2D eigenvalue weighted by Gasteiger charge is 2.19. The number of aromatic nitrogens is 2. The van der Waals surface area contributed by atoms with Crippen LogP contribution >= 0.6 is 0 Å². The second-order valence-electron chi connectivity index (χ2n) is 5.57. The van der Waals surface area contributed by atoms with E-state index < -0.39 is 0 Å². The standard InChI is InChI=1S/C15H21N3O2/c1-10-2-7-14(20-10)15-11(9-17-18-15)8-16-12-3-5-13(19)6-4-12/h2,7,9,12-13,16,19H,3-6,8H2,1H3,(H,17,18). The maximum atomic E-state index is 9.52. The van der Waals surface area contributed by atoms with Crippen LogP contribution in [0.1, 0.15) is 37.0 Å². The monoisotopic (exact) mass is 275 g/mol. The molecule has 0 atom stereocenters. The van der Waals surface area contributed by atoms with E-state index in [9.17, 15) is 5.11 Å². The summed E-state index contributed by atoms with van der Waals surface area (Å²) < 4.78 is 5.64. The summed E-state index contributed by atoms with van der Waals surface area (Å²) in [4.78, 5) is 0. The lowest BCUT2D eigenvalue weighted by atomic mass is 9.93. The number of aliphatic hydroxyl groups is 1. The minimum absolute atomic E-state index is 0.108. The summed E-state index contributed by atoms with van der Waals surface area (Å²) in [5, 5.41) is 20.2. The molecule has 1 aliphatic carbocycles. The van der Waals surface area contributed by atoms with Crippen LogP contribution in [0.5, 0.6) is 0 Å². The van der Waals surface area contributed by atoms with Gasteiger partial charge in [0.15, 0.2) is 5.76 Å². The van der Waals surface area contributed by atoms with Gasteiger partial charge in [-0.05, 0) is 44.7 Å². The first-order chi connectivity index (χ1) is 9.72. The van der Waals surface area contributed by atoms with Crippen LogP contribution in [0.3, 0.4) is 0 Å². The topological polar surface area (TPSA) is 74.1 Å². The minimum atomic E-state index is -0.108. The second kappa shape index (κ2) is 5.81. The molecule has 1 fully saturated rings. The Morgan fingerprint density at radius 2 is 2.15 bits per heavy atom. The summed E-state index contributed by atoms with van der Waals surface area (Å²) in [6.07, 6.45) is 5.60. The van der Waals surface area contributed by atoms with Crippen LogP contribution in [0.15, 0.2) is 22.7 Å². The van der Waals surface area contributed by atoms with E-state index in [-0.39, 0.29) is 6.10 Å². The molecule has 0 saturated heterocycles. The Morgan fingerprint density at radius 1 is 1.35 bits per heavy atom. The van der Waals surface area contributed by atoms with Crippen molar-refractivity contribution in [2.24, 2.45) is 0 Å². The Kier molecular flexibility index (Phi) is 3.89. The fraction of sp³-hybridized carbons (Fsp3) is 0.533. The van der Waals surface area contributed by atoms with Gasteiger partial charge in [0.25, 0.3) is 0 Å². The Balaban J connectivity index is 1.62. The summed E-state index contributed by atoms with van der Waals surface area (Å²) in [7, 11) is 0. The lowest BCUT2D eigenvalue weighted by Gasteiger charge is -2.26. The molecule has 2 aromatic heterocycles. The van der Waals surface area contributed by atoms with E-state index in [1.165, 1.54) is 0 Å². The molecule has 1 aliphatic rings. The quantitative estimate of drug-likeness (QED) is 0.801. The van der Waals surface area contributed by atoms with Crippen LogP contribution in [-0.4, -0.2) is 27.4 Å². The number of hydrogen-bond acceptors (Lipinski definition) is 4. The Hall–Kier alpha value is -1.59. The summed E-state index contributed by atoms with van der Waals surface area (Å²) >= 11 is 0. The third-order valence-corrected chi connectivity index (χ3v) is 3.98. The molecule has 1 saturated carbocycles. The van der Waals surface area contributed by atoms with Crippen molar-refractivity contribution >= 4 is 0 Å². The summed E-state index contributed by atoms with van der Waals surface area (Å²) in [5.41, 5.74) is 2.06. The van der Waals surface area contributed by atoms with E-state index >= 15 is 0 Å². The molecule has 5 nitrogen and oxygen atoms in total. The van der Waals surface area contributed by atoms with Gasteiger partial charge < -0.3 is 14.8 Å². The van der Waals surface area contributed by atoms with Gasteiger partial charge in [0.1, 0.15) is 11.5 Å². The molecule has 0 amide bonds. The zero-order valence-electron chi connectivity index (χ0n) is 11.7. The van der Waals surface area contributed by atoms with Crippen LogP contribution in [-0.2, 0) is 6.54 Å². The van der Waals surface area contributed by atoms with Gasteiger partial charge in [-0.1, -0.05) is 0 Å². The van der Waals surface area contributed by atoms with Crippen molar-refractivity contribution in [1.29, 1.82) is 0 Å². The molecule has 0 spiro atoms. The lowest BCUT2D eigenvalue weighted by molar-refractivity contribution is 0.116. The second-order valence-corrected chi connectivity index (χ2v) is 5.57. The van der Waals surface area contributed by atoms with Crippen molar-refractivity contribution in [2.75, 3.05) is 0 Å². The number of nitrogens with zero attached hydrogens (tertiary/aromatic N) is 1. The van der Waals surface area contributed by atoms with Gasteiger partial charge in [-0.3, -0.25) is 5.10 Å². The van der Waals surface area contributed by atoms with Gasteiger partial charge >= 0.3 is 0 Å². The van der Waals surface area contributed by atoms with E-state index in [1.807, 2.05) is 25.3 Å². The normalized spacial score (nSPS) is 23.1. The van der Waals surface area contributed by atoms with Crippen molar-refractivity contribution in [3.8, 4) is 11.5 Å². The Morgan fingerprint density at radius 3 is 2.85 bits per heavy atom. The Labute approximate surface area is 118 Å². The van der Waals surface area contributed by atoms with Gasteiger partial charge in [0.05, 0.1) is 12.3 Å². The van der Waals surface area contributed by atoms with Gasteiger partial charge in [-0.25, -0.2) is 0 Å². The molecule has 0 bridgehead atoms. The van der Waals surface area contributed by atoms with Crippen LogP contribution in [0, 0.1) is 6.92 Å². The minimum Gasteiger partial charge on any atom is -0.460 e. The maximum absolute atomic E-state index is 9.52. The van der Waals surface area contributed by atoms with Crippen LogP contribution in [0.2, 0.25) is 0 Å². The molecule has 3 rings (SSSR count). The number of rotatable bonds is 4. The largest absolute Gasteiger partial charge is 0.460 e. The highest BCUT2D eigenvalue weighted by Crippen LogP contribution is 2.24. The van der Waals surface area contributed by atoms with Gasteiger partial charge in [0.2, 0.25) is 0 Å². The molecule has 0 aromatic carbocycles. The first kappa shape index (κ1) is 13.4. The van der Waals surface area contributed by atoms with Crippen molar-refractivity contribution in [3.63, 3.8) is 0 Å². The van der Waals surface area contributed by atoms with Crippen LogP contribution in [0.25, 0.3) is 11.5 Å². The molecule has 0 radical (unpaired) electrons. The van der Waals surface area contributed by atoms with Crippen LogP contribution in [0.4, 0.5) is 0 Å². The number of nitrogens with one attached hydrogen (secondary N) is 2. The third kappa shape index (κ3) is 2.94. The molecule has 2 heterocycles. The van der Waals surface area contributed by atoms with Crippen LogP contribution < -0.4 is 5.32 Å².